The molecule has 0 bridgehead atoms. The molecule has 0 aliphatic carbocycles. The van der Waals surface area contributed by atoms with Gasteiger partial charge in [-0.1, -0.05) is 18.2 Å². The number of aromatic nitrogens is 6. The second kappa shape index (κ2) is 51.1. The third-order valence-electron chi connectivity index (χ3n) is 18.5. The molecule has 0 aliphatic rings. The van der Waals surface area contributed by atoms with E-state index in [1.165, 1.54) is 138 Å². The zero-order valence-corrected chi connectivity index (χ0v) is 89.5. The van der Waals surface area contributed by atoms with E-state index in [1.54, 1.807) is 119 Å². The summed E-state index contributed by atoms with van der Waals surface area (Å²) >= 11 is 52.2. The van der Waals surface area contributed by atoms with Crippen molar-refractivity contribution in [2.45, 2.75) is 37.5 Å². The molecule has 6 heterocycles. The first-order valence-corrected chi connectivity index (χ1v) is 60.2. The number of carbonyl (C=O) groups is 4. The normalized spacial score (nSPS) is 10.8. The Bertz CT molecular complexity index is 7570. The molecule has 0 saturated heterocycles. The van der Waals surface area contributed by atoms with Gasteiger partial charge in [0.2, 0.25) is 0 Å². The number of nitrogens with two attached hydrogens (primary N) is 3. The molecule has 13 aromatic carbocycles. The van der Waals surface area contributed by atoms with Crippen LogP contribution in [-0.4, -0.2) is 113 Å². The standard InChI is InChI=1S/C21H13N3O2S2.C21H15N3S2.C14H7ClN2O3S.C14H8N2O4S.C7H4ClNO3.C7H7NO2S.C7H9NS.C2H6O.Cl5P.2ClH.Sn/c1-12-2-8-16-18(10-12)27-21(23-16)14-5-9-17-19(11-14)28-20(22-17)13-3-6-15(7-4-13)24(25)26;1-12-2-8-16-18(10-12)25-21(24-16)14-5-9-17-19(11-14)26-20(23-17)13-3-6-15(22)7-4-13;15-13(18)9-3-6-11-12(7-9)21-14(16-11)8-1-4-10(5-2-8)17(19)20;17-14(18)9-3-6-11-12(7-9)21-13(15-11)8-1-4-10(5-2-8)16(19)20;8-7(10)5-1-3-6(4-2-5)9(11)12;8-5-2-1-4(7(9)10)3-6(5)11;1-5-2-3-6(8)7(9)4-5;1-2-3;1-6(2,3,4)5;;;/h2-11H,1H3;2-11H,22H2,1H3;1-7H;1-7H,(H,17,18);1-4H;1-3,11H,8H2,(H,9,10);2-4,9H,8H2,1H3;3H,2H2,1H3;;2*1H;/q;;;;;;;;;;;+2/p-2. The van der Waals surface area contributed by atoms with Crippen LogP contribution in [0.5, 0.6) is 0 Å². The maximum atomic E-state index is 11.2. The van der Waals surface area contributed by atoms with E-state index in [0.717, 1.165) is 116 Å². The number of nitro groups is 4. The van der Waals surface area contributed by atoms with Crippen LogP contribution in [0.3, 0.4) is 0 Å². The maximum absolute atomic E-state index is 11.2. The molecular formula is C93H69Cl9N13O15PS8Sn. The van der Waals surface area contributed by atoms with Crippen LogP contribution in [-0.2, 0) is 0 Å². The molecule has 28 nitrogen and oxygen atoms in total. The molecule has 2 radical (unpaired) electrons. The van der Waals surface area contributed by atoms with Crippen molar-refractivity contribution < 1.29 is 54.2 Å². The molecule has 0 fully saturated rings. The predicted molar refractivity (Wildman–Crippen MR) is 586 cm³/mol. The number of hydrogen-bond acceptors (Lipinski definition) is 30. The van der Waals surface area contributed by atoms with Crippen molar-refractivity contribution in [3.63, 3.8) is 0 Å². The van der Waals surface area contributed by atoms with Crippen molar-refractivity contribution in [1.82, 2.24) is 29.9 Å². The number of benzene rings is 13. The second-order valence-corrected chi connectivity index (χ2v) is 57.3. The minimum atomic E-state index is -3.69. The van der Waals surface area contributed by atoms with E-state index in [0.29, 0.717) is 26.7 Å². The Morgan fingerprint density at radius 1 is 0.343 bits per heavy atom. The van der Waals surface area contributed by atoms with Crippen LogP contribution in [0.15, 0.2) is 277 Å². The number of carboxylic acids is 2. The van der Waals surface area contributed by atoms with Crippen molar-refractivity contribution in [2.75, 3.05) is 23.8 Å². The zero-order valence-electron chi connectivity index (χ0n) is 72.2. The number of halogens is 9. The van der Waals surface area contributed by atoms with Crippen molar-refractivity contribution in [2.24, 2.45) is 0 Å². The number of hydrogen-bond donors (Lipinski definition) is 8. The van der Waals surface area contributed by atoms with Crippen LogP contribution in [0.25, 0.3) is 125 Å². The molecule has 0 spiro atoms. The number of thiol groups is 2. The van der Waals surface area contributed by atoms with Crippen LogP contribution < -0.4 is 17.2 Å². The van der Waals surface area contributed by atoms with Gasteiger partial charge in [-0.15, -0.1) is 93.3 Å². The Labute approximate surface area is 882 Å². The Morgan fingerprint density at radius 2 is 0.557 bits per heavy atom. The van der Waals surface area contributed by atoms with Gasteiger partial charge in [-0.2, -0.15) is 0 Å². The number of aromatic carboxylic acids is 2. The Morgan fingerprint density at radius 3 is 0.850 bits per heavy atom. The van der Waals surface area contributed by atoms with Crippen molar-refractivity contribution in [3.8, 4) is 63.4 Å². The summed E-state index contributed by atoms with van der Waals surface area (Å²) in [5.41, 5.74) is 34.8. The van der Waals surface area contributed by atoms with Gasteiger partial charge in [-0.3, -0.25) is 50.0 Å². The first kappa shape index (κ1) is 111. The number of anilines is 3. The van der Waals surface area contributed by atoms with Gasteiger partial charge in [-0.05, 0) is 268 Å². The number of fused-ring (bicyclic) bond motifs is 6. The molecular weight excluding hydrogens is 2260 g/mol. The van der Waals surface area contributed by atoms with Crippen molar-refractivity contribution >= 4 is 336 Å². The molecule has 0 amide bonds. The van der Waals surface area contributed by atoms with E-state index in [2.05, 4.69) is 115 Å². The van der Waals surface area contributed by atoms with E-state index in [9.17, 15) is 59.6 Å². The second-order valence-electron chi connectivity index (χ2n) is 28.6. The monoisotopic (exact) mass is 2330 g/mol. The molecule has 19 aromatic rings. The molecule has 47 heteroatoms. The van der Waals surface area contributed by atoms with E-state index in [4.69, 9.17) is 145 Å². The van der Waals surface area contributed by atoms with Crippen LogP contribution in [0, 0.1) is 61.2 Å². The quantitative estimate of drug-likeness (QED) is 0.00953. The Kier molecular flexibility index (Phi) is 40.5. The first-order chi connectivity index (χ1) is 66.3. The SMILES string of the molecule is CCO.Cc1ccc(N)c(S)c1.Cc1ccc2nc(-c3ccc4nc(-c5ccc(N)cc5)sc4c3)sc2c1.Cc1ccc2nc(-c3ccc4nc(-c5ccc([N+](=O)[O-])cc5)sc4c3)sc2c1.ClP(Cl)(Cl)(Cl)Cl.Nc1ccc(C(=O)O)cc1S.O=C(Cl)c1ccc([N+](=O)[O-])cc1.O=C(Cl)c1ccc2nc(-c3ccc([N+](=O)[O-])cc3)sc2c1.O=C(O)c1ccc2nc(-c3ccc([N+](=O)[O-])cc3)sc2c1.[Cl][Sn][Cl]. The summed E-state index contributed by atoms with van der Waals surface area (Å²) in [5.74, 6) is -1.96. The van der Waals surface area contributed by atoms with Gasteiger partial charge in [0.15, 0.2) is 0 Å². The average Bonchev–Trinajstić information content (AvgIpc) is 1.62. The summed E-state index contributed by atoms with van der Waals surface area (Å²) in [5, 5.41) is 71.5. The van der Waals surface area contributed by atoms with Gasteiger partial charge in [-0.25, -0.2) is 39.5 Å². The van der Waals surface area contributed by atoms with Gasteiger partial charge in [0.1, 0.15) is 30.0 Å². The van der Waals surface area contributed by atoms with Crippen LogP contribution in [0.2, 0.25) is 0 Å². The van der Waals surface area contributed by atoms with Gasteiger partial charge in [0, 0.05) is 126 Å². The number of carboxylic acid groups (broad SMARTS) is 2. The molecule has 19 rings (SSSR count). The van der Waals surface area contributed by atoms with Crippen LogP contribution >= 0.6 is 194 Å². The van der Waals surface area contributed by atoms with Gasteiger partial charge in [0.05, 0.1) is 92.1 Å². The van der Waals surface area contributed by atoms with Gasteiger partial charge >= 0.3 is 108 Å². The van der Waals surface area contributed by atoms with Gasteiger partial charge < -0.3 is 32.5 Å². The number of aliphatic hydroxyl groups is 1. The molecule has 9 N–H and O–H groups in total. The number of aliphatic hydroxyl groups excluding tert-OH is 1. The molecule has 140 heavy (non-hydrogen) atoms. The molecule has 716 valence electrons. The predicted octanol–water partition coefficient (Wildman–Crippen LogP) is 30.8. The Balaban J connectivity index is 0.000000169. The third kappa shape index (κ3) is 33.0. The number of non-ortho nitro benzene ring substituents is 4. The Hall–Kier alpha value is -11.0. The number of carbonyl (C=O) groups excluding carboxylic acids is 2. The average molecular weight is 2330 g/mol. The van der Waals surface area contributed by atoms with E-state index >= 15 is 0 Å². The number of rotatable bonds is 14. The third-order valence-corrected chi connectivity index (χ3v) is 26.1. The molecule has 0 unspecified atom stereocenters. The summed E-state index contributed by atoms with van der Waals surface area (Å²) < 4.78 is 2.58. The van der Waals surface area contributed by atoms with Crippen LogP contribution in [0.1, 0.15) is 65.0 Å². The number of nitrogen functional groups attached to an aromatic ring is 3. The summed E-state index contributed by atoms with van der Waals surface area (Å²) in [6, 6.07) is 76.9. The van der Waals surface area contributed by atoms with E-state index in [-0.39, 0.29) is 46.0 Å². The van der Waals surface area contributed by atoms with E-state index in [1.807, 2.05) is 61.5 Å². The molecule has 6 aromatic heterocycles. The molecule has 0 saturated carbocycles. The molecule has 0 aliphatic heterocycles. The number of nitro benzene ring substituents is 4. The van der Waals surface area contributed by atoms with E-state index < -0.39 is 64.4 Å². The fourth-order valence-corrected chi connectivity index (χ4v) is 18.8. The topological polar surface area (TPSA) is 457 Å². The van der Waals surface area contributed by atoms with Crippen molar-refractivity contribution in [1.29, 1.82) is 0 Å². The number of nitrogens with zero attached hydrogens (tertiary/aromatic N) is 10. The van der Waals surface area contributed by atoms with Crippen LogP contribution in [0.4, 0.5) is 39.8 Å². The summed E-state index contributed by atoms with van der Waals surface area (Å²) in [7, 11) is 9.87. The molecule has 0 atom stereocenters. The summed E-state index contributed by atoms with van der Waals surface area (Å²) in [6.45, 7) is 8.14. The zero-order chi connectivity index (χ0) is 102. The fraction of sp³-hybridized carbons (Fsp3) is 0.0538. The number of thiazole rings is 6. The summed E-state index contributed by atoms with van der Waals surface area (Å²) in [6.07, 6.45) is 0. The summed E-state index contributed by atoms with van der Waals surface area (Å²) in [4.78, 5) is 113. The fourth-order valence-electron chi connectivity index (χ4n) is 11.9. The number of aryl methyl sites for hydroxylation is 3. The van der Waals surface area contributed by atoms with Gasteiger partial charge in [0.25, 0.3) is 33.2 Å². The van der Waals surface area contributed by atoms with Crippen molar-refractivity contribution in [3.05, 3.63) is 346 Å². The first-order valence-electron chi connectivity index (χ1n) is 39.7. The minimum absolute atomic E-state index is 0.0213.